The van der Waals surface area contributed by atoms with Crippen LogP contribution in [0, 0.1) is 6.92 Å². The first-order valence-corrected chi connectivity index (χ1v) is 7.75. The van der Waals surface area contributed by atoms with Gasteiger partial charge < -0.3 is 9.26 Å². The highest BCUT2D eigenvalue weighted by Gasteiger charge is 2.09. The van der Waals surface area contributed by atoms with Crippen LogP contribution in [-0.4, -0.2) is 22.2 Å². The zero-order chi connectivity index (χ0) is 15.4. The maximum Gasteiger partial charge on any atom is 0.237 e. The summed E-state index contributed by atoms with van der Waals surface area (Å²) in [5, 5.41) is 4.95. The summed E-state index contributed by atoms with van der Waals surface area (Å²) in [4.78, 5) is 8.74. The number of aryl methyl sites for hydroxylation is 1. The Hall–Kier alpha value is -2.34. The van der Waals surface area contributed by atoms with Gasteiger partial charge in [0.25, 0.3) is 0 Å². The summed E-state index contributed by atoms with van der Waals surface area (Å²) >= 11 is 1.57. The standard InChI is InChI=1S/C16H15N3O2S/c1-11-3-8-15(17-9-11)22-10-14-18-16(19-21-14)12-4-6-13(20-2)7-5-12/h3-9H,10H2,1-2H3. The van der Waals surface area contributed by atoms with Gasteiger partial charge in [-0.3, -0.25) is 0 Å². The molecule has 2 heterocycles. The van der Waals surface area contributed by atoms with Gasteiger partial charge in [-0.25, -0.2) is 4.98 Å². The molecular weight excluding hydrogens is 298 g/mol. The zero-order valence-electron chi connectivity index (χ0n) is 12.3. The fourth-order valence-corrected chi connectivity index (χ4v) is 2.53. The van der Waals surface area contributed by atoms with Gasteiger partial charge in [-0.15, -0.1) is 0 Å². The lowest BCUT2D eigenvalue weighted by Crippen LogP contribution is -1.86. The quantitative estimate of drug-likeness (QED) is 0.669. The van der Waals surface area contributed by atoms with Crippen molar-refractivity contribution in [3.05, 3.63) is 54.0 Å². The number of pyridine rings is 1. The molecule has 0 fully saturated rings. The summed E-state index contributed by atoms with van der Waals surface area (Å²) < 4.78 is 10.4. The Morgan fingerprint density at radius 2 is 1.95 bits per heavy atom. The van der Waals surface area contributed by atoms with E-state index in [9.17, 15) is 0 Å². The third-order valence-electron chi connectivity index (χ3n) is 3.04. The van der Waals surface area contributed by atoms with E-state index in [1.165, 1.54) is 0 Å². The number of rotatable bonds is 5. The molecule has 0 N–H and O–H groups in total. The molecule has 0 aliphatic carbocycles. The van der Waals surface area contributed by atoms with Crippen molar-refractivity contribution in [3.63, 3.8) is 0 Å². The van der Waals surface area contributed by atoms with Crippen molar-refractivity contribution in [2.75, 3.05) is 7.11 Å². The van der Waals surface area contributed by atoms with Gasteiger partial charge in [0.2, 0.25) is 11.7 Å². The van der Waals surface area contributed by atoms with Crippen LogP contribution in [0.5, 0.6) is 5.75 Å². The number of hydrogen-bond donors (Lipinski definition) is 0. The number of methoxy groups -OCH3 is 1. The third kappa shape index (κ3) is 3.46. The largest absolute Gasteiger partial charge is 0.497 e. The molecule has 0 bridgehead atoms. The Labute approximate surface area is 132 Å². The van der Waals surface area contributed by atoms with Crippen LogP contribution in [0.4, 0.5) is 0 Å². The van der Waals surface area contributed by atoms with Crippen molar-refractivity contribution in [2.45, 2.75) is 17.7 Å². The summed E-state index contributed by atoms with van der Waals surface area (Å²) in [5.41, 5.74) is 2.04. The Morgan fingerprint density at radius 3 is 2.64 bits per heavy atom. The van der Waals surface area contributed by atoms with Crippen molar-refractivity contribution < 1.29 is 9.26 Å². The van der Waals surface area contributed by atoms with Gasteiger partial charge in [-0.2, -0.15) is 4.98 Å². The van der Waals surface area contributed by atoms with Gasteiger partial charge in [-0.1, -0.05) is 23.0 Å². The highest BCUT2D eigenvalue weighted by Crippen LogP contribution is 2.23. The average Bonchev–Trinajstić information content (AvgIpc) is 3.03. The Morgan fingerprint density at radius 1 is 1.14 bits per heavy atom. The van der Waals surface area contributed by atoms with Crippen molar-refractivity contribution in [1.82, 2.24) is 15.1 Å². The minimum absolute atomic E-state index is 0.579. The maximum absolute atomic E-state index is 5.28. The molecule has 0 amide bonds. The van der Waals surface area contributed by atoms with E-state index in [-0.39, 0.29) is 0 Å². The predicted molar refractivity (Wildman–Crippen MR) is 84.8 cm³/mol. The van der Waals surface area contributed by atoms with Gasteiger partial charge in [0.05, 0.1) is 17.9 Å². The fraction of sp³-hybridized carbons (Fsp3) is 0.188. The highest BCUT2D eigenvalue weighted by molar-refractivity contribution is 7.98. The molecule has 0 atom stereocenters. The van der Waals surface area contributed by atoms with E-state index in [1.54, 1.807) is 18.9 Å². The minimum Gasteiger partial charge on any atom is -0.497 e. The van der Waals surface area contributed by atoms with Crippen LogP contribution in [-0.2, 0) is 5.75 Å². The summed E-state index contributed by atoms with van der Waals surface area (Å²) in [5.74, 6) is 2.56. The number of nitrogens with zero attached hydrogens (tertiary/aromatic N) is 3. The second kappa shape index (κ2) is 6.62. The molecular formula is C16H15N3O2S. The van der Waals surface area contributed by atoms with Crippen LogP contribution < -0.4 is 4.74 Å². The van der Waals surface area contributed by atoms with Crippen molar-refractivity contribution in [2.24, 2.45) is 0 Å². The highest BCUT2D eigenvalue weighted by atomic mass is 32.2. The molecule has 112 valence electrons. The first kappa shape index (κ1) is 14.6. The molecule has 22 heavy (non-hydrogen) atoms. The van der Waals surface area contributed by atoms with Gasteiger partial charge in [0, 0.05) is 11.8 Å². The summed E-state index contributed by atoms with van der Waals surface area (Å²) in [6.45, 7) is 2.01. The smallest absolute Gasteiger partial charge is 0.237 e. The molecule has 2 aromatic heterocycles. The number of ether oxygens (including phenoxy) is 1. The lowest BCUT2D eigenvalue weighted by Gasteiger charge is -1.99. The number of benzene rings is 1. The molecule has 0 saturated heterocycles. The van der Waals surface area contributed by atoms with Crippen molar-refractivity contribution in [3.8, 4) is 17.1 Å². The van der Waals surface area contributed by atoms with Gasteiger partial charge >= 0.3 is 0 Å². The Bertz CT molecular complexity index is 739. The van der Waals surface area contributed by atoms with Crippen LogP contribution in [0.3, 0.4) is 0 Å². The van der Waals surface area contributed by atoms with Crippen molar-refractivity contribution >= 4 is 11.8 Å². The summed E-state index contributed by atoms with van der Waals surface area (Å²) in [6.07, 6.45) is 1.85. The lowest BCUT2D eigenvalue weighted by molar-refractivity contribution is 0.391. The predicted octanol–water partition coefficient (Wildman–Crippen LogP) is 3.74. The van der Waals surface area contributed by atoms with E-state index in [2.05, 4.69) is 15.1 Å². The van der Waals surface area contributed by atoms with E-state index in [1.807, 2.05) is 49.5 Å². The molecule has 1 aromatic carbocycles. The Balaban J connectivity index is 1.66. The van der Waals surface area contributed by atoms with E-state index in [0.717, 1.165) is 21.9 Å². The molecule has 6 heteroatoms. The lowest BCUT2D eigenvalue weighted by atomic mass is 10.2. The average molecular weight is 313 g/mol. The monoisotopic (exact) mass is 313 g/mol. The van der Waals surface area contributed by atoms with E-state index in [0.29, 0.717) is 17.5 Å². The van der Waals surface area contributed by atoms with E-state index >= 15 is 0 Å². The summed E-state index contributed by atoms with van der Waals surface area (Å²) in [6, 6.07) is 11.6. The number of hydrogen-bond acceptors (Lipinski definition) is 6. The van der Waals surface area contributed by atoms with Crippen LogP contribution >= 0.6 is 11.8 Å². The van der Waals surface area contributed by atoms with E-state index in [4.69, 9.17) is 9.26 Å². The molecule has 5 nitrogen and oxygen atoms in total. The first-order valence-electron chi connectivity index (χ1n) is 6.77. The first-order chi connectivity index (χ1) is 10.7. The molecule has 0 aliphatic heterocycles. The van der Waals surface area contributed by atoms with Gasteiger partial charge in [0.1, 0.15) is 5.75 Å². The van der Waals surface area contributed by atoms with Crippen molar-refractivity contribution in [1.29, 1.82) is 0 Å². The fourth-order valence-electron chi connectivity index (χ4n) is 1.85. The van der Waals surface area contributed by atoms with Crippen LogP contribution in [0.25, 0.3) is 11.4 Å². The molecule has 0 radical (unpaired) electrons. The normalized spacial score (nSPS) is 10.6. The molecule has 0 spiro atoms. The maximum atomic E-state index is 5.28. The molecule has 0 unspecified atom stereocenters. The van der Waals surface area contributed by atoms with Crippen LogP contribution in [0.15, 0.2) is 52.1 Å². The molecule has 0 aliphatic rings. The molecule has 0 saturated carbocycles. The third-order valence-corrected chi connectivity index (χ3v) is 3.97. The van der Waals surface area contributed by atoms with E-state index < -0.39 is 0 Å². The number of aromatic nitrogens is 3. The van der Waals surface area contributed by atoms with Crippen LogP contribution in [0.1, 0.15) is 11.5 Å². The number of thioether (sulfide) groups is 1. The van der Waals surface area contributed by atoms with Crippen LogP contribution in [0.2, 0.25) is 0 Å². The SMILES string of the molecule is COc1ccc(-c2noc(CSc3ccc(C)cn3)n2)cc1. The Kier molecular flexibility index (Phi) is 4.39. The van der Waals surface area contributed by atoms with Gasteiger partial charge in [0.15, 0.2) is 0 Å². The zero-order valence-corrected chi connectivity index (χ0v) is 13.1. The molecule has 3 rings (SSSR count). The van der Waals surface area contributed by atoms with Gasteiger partial charge in [-0.05, 0) is 42.8 Å². The molecule has 3 aromatic rings. The summed E-state index contributed by atoms with van der Waals surface area (Å²) in [7, 11) is 1.64. The minimum atomic E-state index is 0.579. The second-order valence-corrected chi connectivity index (χ2v) is 5.70. The second-order valence-electron chi connectivity index (χ2n) is 4.70. The topological polar surface area (TPSA) is 61.0 Å².